The van der Waals surface area contributed by atoms with Crippen molar-refractivity contribution in [2.24, 2.45) is 5.73 Å². The van der Waals surface area contributed by atoms with Crippen molar-refractivity contribution in [3.63, 3.8) is 0 Å². The molecule has 0 saturated heterocycles. The molecule has 0 aliphatic heterocycles. The number of nitrogens with zero attached hydrogens (tertiary/aromatic N) is 1. The highest BCUT2D eigenvalue weighted by molar-refractivity contribution is 7.80. The van der Waals surface area contributed by atoms with E-state index in [1.165, 1.54) is 12.1 Å². The van der Waals surface area contributed by atoms with E-state index in [9.17, 15) is 4.39 Å². The number of methoxy groups -OCH3 is 1. The summed E-state index contributed by atoms with van der Waals surface area (Å²) in [5.41, 5.74) is 7.00. The smallest absolute Gasteiger partial charge is 0.124 e. The lowest BCUT2D eigenvalue weighted by Gasteiger charge is -2.22. The van der Waals surface area contributed by atoms with E-state index in [1.807, 2.05) is 11.9 Å². The van der Waals surface area contributed by atoms with Gasteiger partial charge in [0.15, 0.2) is 0 Å². The zero-order valence-corrected chi connectivity index (χ0v) is 10.9. The molecule has 0 aliphatic rings. The summed E-state index contributed by atoms with van der Waals surface area (Å²) in [5, 5.41) is 0. The first-order valence-corrected chi connectivity index (χ1v) is 5.76. The topological polar surface area (TPSA) is 38.5 Å². The van der Waals surface area contributed by atoms with Gasteiger partial charge in [-0.05, 0) is 24.6 Å². The van der Waals surface area contributed by atoms with Crippen molar-refractivity contribution < 1.29 is 9.13 Å². The third-order valence-electron chi connectivity index (χ3n) is 2.48. The zero-order valence-electron chi connectivity index (χ0n) is 10.1. The van der Waals surface area contributed by atoms with Gasteiger partial charge in [0.2, 0.25) is 0 Å². The quantitative estimate of drug-likeness (QED) is 0.623. The molecule has 3 nitrogen and oxygen atoms in total. The summed E-state index contributed by atoms with van der Waals surface area (Å²) in [5.74, 6) is -0.332. The number of halogens is 1. The van der Waals surface area contributed by atoms with E-state index in [0.29, 0.717) is 12.2 Å². The summed E-state index contributed by atoms with van der Waals surface area (Å²) in [4.78, 5) is 2.20. The van der Waals surface area contributed by atoms with Gasteiger partial charge in [-0.2, -0.15) is 0 Å². The van der Waals surface area contributed by atoms with Crippen LogP contribution >= 0.6 is 12.2 Å². The van der Waals surface area contributed by atoms with Crippen LogP contribution in [0.15, 0.2) is 18.2 Å². The predicted molar refractivity (Wildman–Crippen MR) is 72.1 cm³/mol. The SMILES string of the molecule is COCCCN(C)c1ccc(F)cc1C(N)=S. The van der Waals surface area contributed by atoms with Crippen molar-refractivity contribution in [3.8, 4) is 0 Å². The minimum Gasteiger partial charge on any atom is -0.389 e. The number of rotatable bonds is 6. The van der Waals surface area contributed by atoms with E-state index in [-0.39, 0.29) is 10.8 Å². The first-order valence-electron chi connectivity index (χ1n) is 5.35. The van der Waals surface area contributed by atoms with Crippen LogP contribution in [0.5, 0.6) is 0 Å². The maximum atomic E-state index is 13.1. The summed E-state index contributed by atoms with van der Waals surface area (Å²) >= 11 is 4.92. The summed E-state index contributed by atoms with van der Waals surface area (Å²) < 4.78 is 18.1. The Morgan fingerprint density at radius 3 is 2.82 bits per heavy atom. The predicted octanol–water partition coefficient (Wildman–Crippen LogP) is 1.93. The number of benzene rings is 1. The third kappa shape index (κ3) is 3.94. The highest BCUT2D eigenvalue weighted by atomic mass is 32.1. The monoisotopic (exact) mass is 256 g/mol. The maximum Gasteiger partial charge on any atom is 0.124 e. The highest BCUT2D eigenvalue weighted by Gasteiger charge is 2.10. The molecule has 0 bridgehead atoms. The molecule has 0 aromatic heterocycles. The molecule has 0 aliphatic carbocycles. The second kappa shape index (κ2) is 6.51. The number of hydrogen-bond acceptors (Lipinski definition) is 3. The summed E-state index contributed by atoms with van der Waals surface area (Å²) in [6, 6.07) is 4.46. The van der Waals surface area contributed by atoms with Crippen LogP contribution in [0.4, 0.5) is 10.1 Å². The van der Waals surface area contributed by atoms with E-state index in [2.05, 4.69) is 0 Å². The molecule has 0 atom stereocenters. The molecule has 0 amide bonds. The Morgan fingerprint density at radius 2 is 2.24 bits per heavy atom. The highest BCUT2D eigenvalue weighted by Crippen LogP contribution is 2.20. The molecule has 1 aromatic rings. The van der Waals surface area contributed by atoms with Crippen LogP contribution < -0.4 is 10.6 Å². The second-order valence-electron chi connectivity index (χ2n) is 3.79. The fourth-order valence-electron chi connectivity index (χ4n) is 1.60. The standard InChI is InChI=1S/C12H17FN2OS/c1-15(6-3-7-16-2)11-5-4-9(13)8-10(11)12(14)17/h4-5,8H,3,6-7H2,1-2H3,(H2,14,17). The number of anilines is 1. The lowest BCUT2D eigenvalue weighted by atomic mass is 10.1. The zero-order chi connectivity index (χ0) is 12.8. The number of nitrogens with two attached hydrogens (primary N) is 1. The fourth-order valence-corrected chi connectivity index (χ4v) is 1.77. The summed E-state index contributed by atoms with van der Waals surface area (Å²) in [6.45, 7) is 1.49. The van der Waals surface area contributed by atoms with E-state index >= 15 is 0 Å². The Kier molecular flexibility index (Phi) is 5.31. The van der Waals surface area contributed by atoms with Crippen LogP contribution in [0.3, 0.4) is 0 Å². The number of hydrogen-bond donors (Lipinski definition) is 1. The molecule has 0 saturated carbocycles. The van der Waals surface area contributed by atoms with Crippen LogP contribution in [0.25, 0.3) is 0 Å². The van der Waals surface area contributed by atoms with E-state index in [4.69, 9.17) is 22.7 Å². The second-order valence-corrected chi connectivity index (χ2v) is 4.23. The molecule has 0 radical (unpaired) electrons. The van der Waals surface area contributed by atoms with Gasteiger partial charge in [-0.15, -0.1) is 0 Å². The Morgan fingerprint density at radius 1 is 1.53 bits per heavy atom. The van der Waals surface area contributed by atoms with Gasteiger partial charge in [-0.3, -0.25) is 0 Å². The van der Waals surface area contributed by atoms with Crippen LogP contribution in [-0.4, -0.2) is 32.3 Å². The van der Waals surface area contributed by atoms with Crippen molar-refractivity contribution in [2.45, 2.75) is 6.42 Å². The van der Waals surface area contributed by atoms with Crippen LogP contribution in [0, 0.1) is 5.82 Å². The van der Waals surface area contributed by atoms with Gasteiger partial charge < -0.3 is 15.4 Å². The molecule has 1 aromatic carbocycles. The van der Waals surface area contributed by atoms with E-state index in [1.54, 1.807) is 13.2 Å². The van der Waals surface area contributed by atoms with Crippen molar-refractivity contribution >= 4 is 22.9 Å². The molecular formula is C12H17FN2OS. The van der Waals surface area contributed by atoms with Crippen molar-refractivity contribution in [1.29, 1.82) is 0 Å². The molecule has 0 spiro atoms. The van der Waals surface area contributed by atoms with Gasteiger partial charge in [-0.1, -0.05) is 12.2 Å². The third-order valence-corrected chi connectivity index (χ3v) is 2.70. The van der Waals surface area contributed by atoms with Crippen LogP contribution in [0.2, 0.25) is 0 Å². The van der Waals surface area contributed by atoms with Crippen molar-refractivity contribution in [3.05, 3.63) is 29.6 Å². The molecule has 17 heavy (non-hydrogen) atoms. The Labute approximate surface area is 106 Å². The molecule has 0 heterocycles. The Bertz CT molecular complexity index is 398. The number of thiocarbonyl (C=S) groups is 1. The summed E-state index contributed by atoms with van der Waals surface area (Å²) in [7, 11) is 3.59. The van der Waals surface area contributed by atoms with Crippen LogP contribution in [0.1, 0.15) is 12.0 Å². The minimum atomic E-state index is -0.332. The summed E-state index contributed by atoms with van der Waals surface area (Å²) in [6.07, 6.45) is 0.890. The largest absolute Gasteiger partial charge is 0.389 e. The van der Waals surface area contributed by atoms with Crippen molar-refractivity contribution in [1.82, 2.24) is 0 Å². The van der Waals surface area contributed by atoms with Crippen LogP contribution in [-0.2, 0) is 4.74 Å². The normalized spacial score (nSPS) is 10.3. The fraction of sp³-hybridized carbons (Fsp3) is 0.417. The Balaban J connectivity index is 2.84. The average molecular weight is 256 g/mol. The van der Waals surface area contributed by atoms with E-state index in [0.717, 1.165) is 18.7 Å². The first-order chi connectivity index (χ1) is 8.06. The molecule has 0 unspecified atom stereocenters. The van der Waals surface area contributed by atoms with Crippen molar-refractivity contribution in [2.75, 3.05) is 32.2 Å². The lowest BCUT2D eigenvalue weighted by molar-refractivity contribution is 0.196. The van der Waals surface area contributed by atoms with Gasteiger partial charge >= 0.3 is 0 Å². The molecular weight excluding hydrogens is 239 g/mol. The minimum absolute atomic E-state index is 0.207. The molecule has 5 heteroatoms. The van der Waals surface area contributed by atoms with Gasteiger partial charge in [0, 0.05) is 38.6 Å². The average Bonchev–Trinajstić information content (AvgIpc) is 2.29. The molecule has 94 valence electrons. The van der Waals surface area contributed by atoms with Gasteiger partial charge in [-0.25, -0.2) is 4.39 Å². The van der Waals surface area contributed by atoms with Gasteiger partial charge in [0.25, 0.3) is 0 Å². The maximum absolute atomic E-state index is 13.1. The van der Waals surface area contributed by atoms with Gasteiger partial charge in [0.1, 0.15) is 10.8 Å². The molecule has 1 rings (SSSR count). The lowest BCUT2D eigenvalue weighted by Crippen LogP contribution is -2.23. The molecule has 0 fully saturated rings. The first kappa shape index (κ1) is 13.9. The number of ether oxygens (including phenoxy) is 1. The Hall–Kier alpha value is -1.20. The van der Waals surface area contributed by atoms with E-state index < -0.39 is 0 Å². The van der Waals surface area contributed by atoms with Gasteiger partial charge in [0.05, 0.1) is 0 Å². The molecule has 2 N–H and O–H groups in total.